The molecule has 0 heterocycles. The Bertz CT molecular complexity index is 339. The van der Waals surface area contributed by atoms with E-state index < -0.39 is 0 Å². The van der Waals surface area contributed by atoms with E-state index in [1.807, 2.05) is 6.08 Å². The molecular formula is C13H17FIN. The topological polar surface area (TPSA) is 12.0 Å². The number of anilines is 1. The van der Waals surface area contributed by atoms with E-state index in [0.29, 0.717) is 0 Å². The van der Waals surface area contributed by atoms with Gasteiger partial charge < -0.3 is 5.32 Å². The minimum atomic E-state index is -0.180. The van der Waals surface area contributed by atoms with Crippen LogP contribution in [0.25, 0.3) is 0 Å². The molecule has 0 aromatic heterocycles. The average Bonchev–Trinajstić information content (AvgIpc) is 2.26. The van der Waals surface area contributed by atoms with Crippen molar-refractivity contribution >= 4 is 28.3 Å². The Hall–Kier alpha value is -0.580. The minimum Gasteiger partial charge on any atom is -0.384 e. The predicted octanol–water partition coefficient (Wildman–Crippen LogP) is 4.59. The van der Waals surface area contributed by atoms with Gasteiger partial charge in [-0.3, -0.25) is 0 Å². The maximum absolute atomic E-state index is 12.8. The molecule has 1 N–H and O–H groups in total. The number of allylic oxidation sites excluding steroid dienone is 1. The molecule has 1 nitrogen and oxygen atoms in total. The predicted molar refractivity (Wildman–Crippen MR) is 76.3 cm³/mol. The molecule has 1 rings (SSSR count). The number of nitrogens with one attached hydrogen (secondary N) is 1. The van der Waals surface area contributed by atoms with Gasteiger partial charge in [-0.25, -0.2) is 4.39 Å². The van der Waals surface area contributed by atoms with Gasteiger partial charge in [0.25, 0.3) is 0 Å². The van der Waals surface area contributed by atoms with E-state index >= 15 is 0 Å². The van der Waals surface area contributed by atoms with Crippen LogP contribution in [-0.2, 0) is 0 Å². The van der Waals surface area contributed by atoms with Crippen LogP contribution in [0.5, 0.6) is 0 Å². The zero-order valence-corrected chi connectivity index (χ0v) is 11.5. The first-order valence-electron chi connectivity index (χ1n) is 5.54. The molecule has 0 aliphatic rings. The molecule has 3 heteroatoms. The summed E-state index contributed by atoms with van der Waals surface area (Å²) >= 11 is 2.14. The number of rotatable bonds is 7. The maximum atomic E-state index is 12.8. The maximum Gasteiger partial charge on any atom is 0.124 e. The highest BCUT2D eigenvalue weighted by atomic mass is 127. The van der Waals surface area contributed by atoms with Gasteiger partial charge in [0.05, 0.1) is 0 Å². The van der Waals surface area contributed by atoms with Crippen molar-refractivity contribution in [3.63, 3.8) is 0 Å². The lowest BCUT2D eigenvalue weighted by molar-refractivity contribution is 0.627. The standard InChI is InChI=1S/C13H17FIN/c1-2-3-4-5-6-9-16-13-8-7-11(14)10-12(13)15/h2,7-8,10,16H,1,3-6,9H2. The van der Waals surface area contributed by atoms with Crippen LogP contribution < -0.4 is 5.32 Å². The zero-order chi connectivity index (χ0) is 11.8. The molecule has 0 spiro atoms. The minimum absolute atomic E-state index is 0.180. The largest absolute Gasteiger partial charge is 0.384 e. The van der Waals surface area contributed by atoms with Crippen LogP contribution in [0.15, 0.2) is 30.9 Å². The van der Waals surface area contributed by atoms with Gasteiger partial charge >= 0.3 is 0 Å². The van der Waals surface area contributed by atoms with Gasteiger partial charge in [-0.1, -0.05) is 12.5 Å². The quantitative estimate of drug-likeness (QED) is 0.437. The second kappa shape index (κ2) is 7.65. The van der Waals surface area contributed by atoms with Crippen molar-refractivity contribution in [3.8, 4) is 0 Å². The number of hydrogen-bond donors (Lipinski definition) is 1. The molecule has 0 radical (unpaired) electrons. The number of unbranched alkanes of at least 4 members (excludes halogenated alkanes) is 3. The first kappa shape index (κ1) is 13.5. The molecule has 0 bridgehead atoms. The van der Waals surface area contributed by atoms with E-state index in [0.717, 1.165) is 28.6 Å². The molecule has 1 aromatic carbocycles. The van der Waals surface area contributed by atoms with Crippen molar-refractivity contribution in [2.24, 2.45) is 0 Å². The smallest absolute Gasteiger partial charge is 0.124 e. The Labute approximate surface area is 110 Å². The molecule has 0 aliphatic heterocycles. The molecule has 16 heavy (non-hydrogen) atoms. The molecule has 0 amide bonds. The summed E-state index contributed by atoms with van der Waals surface area (Å²) in [5.41, 5.74) is 1.02. The fourth-order valence-electron chi connectivity index (χ4n) is 1.45. The number of hydrogen-bond acceptors (Lipinski definition) is 1. The van der Waals surface area contributed by atoms with Crippen LogP contribution in [0.4, 0.5) is 10.1 Å². The van der Waals surface area contributed by atoms with Crippen LogP contribution in [0, 0.1) is 9.39 Å². The Morgan fingerprint density at radius 2 is 2.12 bits per heavy atom. The molecule has 0 unspecified atom stereocenters. The van der Waals surface area contributed by atoms with Crippen molar-refractivity contribution in [1.29, 1.82) is 0 Å². The molecule has 0 saturated heterocycles. The van der Waals surface area contributed by atoms with Crippen LogP contribution in [-0.4, -0.2) is 6.54 Å². The summed E-state index contributed by atoms with van der Waals surface area (Å²) in [5, 5.41) is 3.32. The highest BCUT2D eigenvalue weighted by Crippen LogP contribution is 2.19. The lowest BCUT2D eigenvalue weighted by Gasteiger charge is -2.08. The summed E-state index contributed by atoms with van der Waals surface area (Å²) in [7, 11) is 0. The van der Waals surface area contributed by atoms with E-state index in [9.17, 15) is 4.39 Å². The van der Waals surface area contributed by atoms with Crippen molar-refractivity contribution in [2.45, 2.75) is 25.7 Å². The van der Waals surface area contributed by atoms with E-state index in [1.54, 1.807) is 12.1 Å². The first-order chi connectivity index (χ1) is 7.74. The number of halogens is 2. The fourth-order valence-corrected chi connectivity index (χ4v) is 2.11. The van der Waals surface area contributed by atoms with Gasteiger partial charge in [-0.2, -0.15) is 0 Å². The highest BCUT2D eigenvalue weighted by molar-refractivity contribution is 14.1. The molecule has 88 valence electrons. The van der Waals surface area contributed by atoms with Crippen LogP contribution in [0.3, 0.4) is 0 Å². The Kier molecular flexibility index (Phi) is 6.45. The van der Waals surface area contributed by atoms with Gasteiger partial charge in [0.1, 0.15) is 5.82 Å². The van der Waals surface area contributed by atoms with Gasteiger partial charge in [-0.05, 0) is 60.1 Å². The number of benzene rings is 1. The summed E-state index contributed by atoms with van der Waals surface area (Å²) < 4.78 is 13.8. The normalized spacial score (nSPS) is 10.1. The molecule has 1 aromatic rings. The van der Waals surface area contributed by atoms with E-state index in [2.05, 4.69) is 34.5 Å². The van der Waals surface area contributed by atoms with Crippen molar-refractivity contribution < 1.29 is 4.39 Å². The summed E-state index contributed by atoms with van der Waals surface area (Å²) in [5.74, 6) is -0.180. The summed E-state index contributed by atoms with van der Waals surface area (Å²) in [6.07, 6.45) is 6.59. The second-order valence-corrected chi connectivity index (χ2v) is 4.85. The van der Waals surface area contributed by atoms with E-state index in [4.69, 9.17) is 0 Å². The molecular weight excluding hydrogens is 316 g/mol. The Morgan fingerprint density at radius 3 is 2.81 bits per heavy atom. The summed E-state index contributed by atoms with van der Waals surface area (Å²) in [4.78, 5) is 0. The van der Waals surface area contributed by atoms with Crippen LogP contribution >= 0.6 is 22.6 Å². The zero-order valence-electron chi connectivity index (χ0n) is 9.31. The second-order valence-electron chi connectivity index (χ2n) is 3.69. The monoisotopic (exact) mass is 333 g/mol. The van der Waals surface area contributed by atoms with Crippen LogP contribution in [0.1, 0.15) is 25.7 Å². The lowest BCUT2D eigenvalue weighted by Crippen LogP contribution is -2.03. The SMILES string of the molecule is C=CCCCCCNc1ccc(F)cc1I. The Morgan fingerprint density at radius 1 is 1.31 bits per heavy atom. The molecule has 0 aliphatic carbocycles. The molecule has 0 fully saturated rings. The van der Waals surface area contributed by atoms with Gasteiger partial charge in [0, 0.05) is 15.8 Å². The third kappa shape index (κ3) is 4.96. The molecule has 0 saturated carbocycles. The third-order valence-electron chi connectivity index (χ3n) is 2.33. The van der Waals surface area contributed by atoms with Gasteiger partial charge in [0.2, 0.25) is 0 Å². The van der Waals surface area contributed by atoms with Crippen molar-refractivity contribution in [2.75, 3.05) is 11.9 Å². The van der Waals surface area contributed by atoms with Gasteiger partial charge in [-0.15, -0.1) is 6.58 Å². The fraction of sp³-hybridized carbons (Fsp3) is 0.385. The lowest BCUT2D eigenvalue weighted by atomic mass is 10.2. The summed E-state index contributed by atoms with van der Waals surface area (Å²) in [6, 6.07) is 4.82. The first-order valence-corrected chi connectivity index (χ1v) is 6.61. The third-order valence-corrected chi connectivity index (χ3v) is 3.22. The van der Waals surface area contributed by atoms with Crippen LogP contribution in [0.2, 0.25) is 0 Å². The van der Waals surface area contributed by atoms with Crippen molar-refractivity contribution in [1.82, 2.24) is 0 Å². The average molecular weight is 333 g/mol. The highest BCUT2D eigenvalue weighted by Gasteiger charge is 1.99. The van der Waals surface area contributed by atoms with Gasteiger partial charge in [0.15, 0.2) is 0 Å². The van der Waals surface area contributed by atoms with E-state index in [1.165, 1.54) is 18.9 Å². The van der Waals surface area contributed by atoms with E-state index in [-0.39, 0.29) is 5.82 Å². The molecule has 0 atom stereocenters. The van der Waals surface area contributed by atoms with Crippen molar-refractivity contribution in [3.05, 3.63) is 40.2 Å². The summed E-state index contributed by atoms with van der Waals surface area (Å²) in [6.45, 7) is 4.64. The Balaban J connectivity index is 2.24.